The average molecular weight is 249 g/mol. The van der Waals surface area contributed by atoms with E-state index in [9.17, 15) is 4.79 Å². The summed E-state index contributed by atoms with van der Waals surface area (Å²) in [6.07, 6.45) is 4.95. The zero-order chi connectivity index (χ0) is 12.5. The van der Waals surface area contributed by atoms with E-state index < -0.39 is 0 Å². The fraction of sp³-hybridized carbons (Fsp3) is 0.750. The summed E-state index contributed by atoms with van der Waals surface area (Å²) in [5.41, 5.74) is 0. The Morgan fingerprint density at radius 1 is 1.50 bits per heavy atom. The summed E-state index contributed by atoms with van der Waals surface area (Å²) in [4.78, 5) is 25.1. The fourth-order valence-electron chi connectivity index (χ4n) is 2.81. The van der Waals surface area contributed by atoms with Crippen molar-refractivity contribution >= 4 is 18.2 Å². The van der Waals surface area contributed by atoms with E-state index in [-0.39, 0.29) is 18.2 Å². The molecule has 2 unspecified atom stereocenters. The van der Waals surface area contributed by atoms with Gasteiger partial charge in [-0.05, 0) is 19.3 Å². The molecule has 1 fully saturated rings. The first-order valence-electron chi connectivity index (χ1n) is 6.72. The monoisotopic (exact) mass is 249 g/mol. The Bertz CT molecular complexity index is 405. The Morgan fingerprint density at radius 2 is 2.39 bits per heavy atom. The fourth-order valence-corrected chi connectivity index (χ4v) is 2.81. The molecular weight excluding hydrogens is 230 g/mol. The highest BCUT2D eigenvalue weighted by Gasteiger charge is 2.45. The maximum atomic E-state index is 12.1. The Labute approximate surface area is 107 Å². The van der Waals surface area contributed by atoms with Crippen LogP contribution in [0.1, 0.15) is 26.2 Å². The minimum atomic E-state index is -0.0875. The first-order chi connectivity index (χ1) is 8.81. The van der Waals surface area contributed by atoms with Gasteiger partial charge in [-0.2, -0.15) is 0 Å². The lowest BCUT2D eigenvalue weighted by molar-refractivity contribution is 0.153. The second kappa shape index (κ2) is 4.59. The van der Waals surface area contributed by atoms with E-state index in [4.69, 9.17) is 0 Å². The summed E-state index contributed by atoms with van der Waals surface area (Å²) in [5, 5.41) is 2.94. The van der Waals surface area contributed by atoms with Crippen molar-refractivity contribution in [2.24, 2.45) is 9.98 Å². The highest BCUT2D eigenvalue weighted by Crippen LogP contribution is 2.24. The molecule has 2 atom stereocenters. The molecule has 98 valence electrons. The topological polar surface area (TPSA) is 60.3 Å². The zero-order valence-electron chi connectivity index (χ0n) is 10.7. The maximum absolute atomic E-state index is 12.1. The Morgan fingerprint density at radius 3 is 3.22 bits per heavy atom. The lowest BCUT2D eigenvalue weighted by Gasteiger charge is -2.40. The number of hydrogen-bond donors (Lipinski definition) is 1. The van der Waals surface area contributed by atoms with Crippen LogP contribution in [0.25, 0.3) is 0 Å². The number of carbonyl (C=O) groups is 1. The SMILES string of the molecule is CCCN1C(=O)NC2=NCCCCN3C=NC1C23. The molecule has 6 nitrogen and oxygen atoms in total. The second-order valence-electron chi connectivity index (χ2n) is 4.96. The Hall–Kier alpha value is -1.59. The van der Waals surface area contributed by atoms with Crippen molar-refractivity contribution in [3.63, 3.8) is 0 Å². The molecule has 3 heterocycles. The average Bonchev–Trinajstić information content (AvgIpc) is 2.74. The number of nitrogens with zero attached hydrogens (tertiary/aromatic N) is 4. The number of amides is 2. The number of aliphatic imine (C=N–C) groups is 2. The molecule has 0 spiro atoms. The van der Waals surface area contributed by atoms with Crippen LogP contribution in [0, 0.1) is 0 Å². The summed E-state index contributed by atoms with van der Waals surface area (Å²) < 4.78 is 0. The van der Waals surface area contributed by atoms with E-state index in [1.54, 1.807) is 0 Å². The molecule has 18 heavy (non-hydrogen) atoms. The normalized spacial score (nSPS) is 30.5. The van der Waals surface area contributed by atoms with E-state index in [2.05, 4.69) is 27.1 Å². The highest BCUT2D eigenvalue weighted by molar-refractivity contribution is 6.05. The van der Waals surface area contributed by atoms with Gasteiger partial charge in [0.25, 0.3) is 0 Å². The van der Waals surface area contributed by atoms with Crippen LogP contribution in [0.3, 0.4) is 0 Å². The lowest BCUT2D eigenvalue weighted by Crippen LogP contribution is -2.64. The van der Waals surface area contributed by atoms with Gasteiger partial charge in [-0.3, -0.25) is 15.2 Å². The van der Waals surface area contributed by atoms with Crippen LogP contribution in [0.4, 0.5) is 4.79 Å². The first kappa shape index (κ1) is 11.5. The van der Waals surface area contributed by atoms with Gasteiger partial charge in [-0.1, -0.05) is 6.92 Å². The van der Waals surface area contributed by atoms with Gasteiger partial charge in [0.05, 0.1) is 6.34 Å². The van der Waals surface area contributed by atoms with Gasteiger partial charge in [-0.25, -0.2) is 9.79 Å². The van der Waals surface area contributed by atoms with Gasteiger partial charge >= 0.3 is 6.03 Å². The number of rotatable bonds is 2. The standard InChI is InChI=1S/C12H19N5O/c1-2-6-17-11-9-10(15-12(17)18)13-5-3-4-7-16(9)8-14-11/h8-9,11H,2-7H2,1H3,(H,13,15,18). The molecule has 3 aliphatic heterocycles. The van der Waals surface area contributed by atoms with Crippen LogP contribution >= 0.6 is 0 Å². The molecule has 3 rings (SSSR count). The number of carbonyl (C=O) groups excluding carboxylic acids is 1. The van der Waals surface area contributed by atoms with Gasteiger partial charge in [0, 0.05) is 19.6 Å². The van der Waals surface area contributed by atoms with E-state index in [0.29, 0.717) is 0 Å². The van der Waals surface area contributed by atoms with Crippen LogP contribution in [0.15, 0.2) is 9.98 Å². The minimum Gasteiger partial charge on any atom is -0.349 e. The zero-order valence-corrected chi connectivity index (χ0v) is 10.7. The van der Waals surface area contributed by atoms with E-state index in [0.717, 1.165) is 44.7 Å². The van der Waals surface area contributed by atoms with Crippen molar-refractivity contribution in [1.82, 2.24) is 15.1 Å². The van der Waals surface area contributed by atoms with E-state index in [1.807, 2.05) is 11.2 Å². The Balaban J connectivity index is 1.91. The van der Waals surface area contributed by atoms with Gasteiger partial charge < -0.3 is 4.90 Å². The number of nitrogens with one attached hydrogen (secondary N) is 1. The molecule has 0 aromatic carbocycles. The highest BCUT2D eigenvalue weighted by atomic mass is 16.2. The van der Waals surface area contributed by atoms with Gasteiger partial charge in [0.15, 0.2) is 6.17 Å². The summed E-state index contributed by atoms with van der Waals surface area (Å²) in [6.45, 7) is 4.62. The number of amidine groups is 1. The molecule has 0 saturated carbocycles. The minimum absolute atomic E-state index is 0.0589. The molecular formula is C12H19N5O. The van der Waals surface area contributed by atoms with Crippen LogP contribution in [-0.2, 0) is 0 Å². The number of hydrogen-bond acceptors (Lipinski definition) is 4. The van der Waals surface area contributed by atoms with Crippen LogP contribution < -0.4 is 5.32 Å². The molecule has 2 amide bonds. The Kier molecular flexibility index (Phi) is 2.93. The van der Waals surface area contributed by atoms with Crippen molar-refractivity contribution in [1.29, 1.82) is 0 Å². The smallest absolute Gasteiger partial charge is 0.324 e. The lowest BCUT2D eigenvalue weighted by atomic mass is 10.1. The molecule has 1 saturated heterocycles. The summed E-state index contributed by atoms with van der Waals surface area (Å²) in [7, 11) is 0. The summed E-state index contributed by atoms with van der Waals surface area (Å²) >= 11 is 0. The van der Waals surface area contributed by atoms with Crippen LogP contribution in [0.2, 0.25) is 0 Å². The quantitative estimate of drug-likeness (QED) is 0.781. The third-order valence-electron chi connectivity index (χ3n) is 3.67. The molecule has 0 aromatic rings. The summed E-state index contributed by atoms with van der Waals surface area (Å²) in [5.74, 6) is 0.801. The van der Waals surface area contributed by atoms with E-state index >= 15 is 0 Å². The largest absolute Gasteiger partial charge is 0.349 e. The van der Waals surface area contributed by atoms with Gasteiger partial charge in [0.2, 0.25) is 0 Å². The van der Waals surface area contributed by atoms with Crippen LogP contribution in [-0.4, -0.2) is 59.8 Å². The predicted molar refractivity (Wildman–Crippen MR) is 69.8 cm³/mol. The molecule has 6 heteroatoms. The molecule has 0 aromatic heterocycles. The molecule has 0 aliphatic carbocycles. The van der Waals surface area contributed by atoms with Crippen LogP contribution in [0.5, 0.6) is 0 Å². The van der Waals surface area contributed by atoms with Crippen molar-refractivity contribution in [3.05, 3.63) is 0 Å². The predicted octanol–water partition coefficient (Wildman–Crippen LogP) is 0.652. The molecule has 0 bridgehead atoms. The maximum Gasteiger partial charge on any atom is 0.324 e. The molecule has 3 aliphatic rings. The summed E-state index contributed by atoms with van der Waals surface area (Å²) in [6, 6.07) is 0.0472. The van der Waals surface area contributed by atoms with Crippen molar-refractivity contribution in [2.75, 3.05) is 19.6 Å². The van der Waals surface area contributed by atoms with Gasteiger partial charge in [-0.15, -0.1) is 0 Å². The molecule has 1 N–H and O–H groups in total. The van der Waals surface area contributed by atoms with Gasteiger partial charge in [0.1, 0.15) is 11.9 Å². The first-order valence-corrected chi connectivity index (χ1v) is 6.72. The second-order valence-corrected chi connectivity index (χ2v) is 4.96. The van der Waals surface area contributed by atoms with Crippen molar-refractivity contribution in [3.8, 4) is 0 Å². The third kappa shape index (κ3) is 1.76. The van der Waals surface area contributed by atoms with Crippen molar-refractivity contribution in [2.45, 2.75) is 38.4 Å². The third-order valence-corrected chi connectivity index (χ3v) is 3.67. The molecule has 0 radical (unpaired) electrons. The van der Waals surface area contributed by atoms with E-state index in [1.165, 1.54) is 0 Å². The van der Waals surface area contributed by atoms with Crippen molar-refractivity contribution < 1.29 is 4.79 Å². The number of urea groups is 1.